The Labute approximate surface area is 151 Å². The summed E-state index contributed by atoms with van der Waals surface area (Å²) in [5, 5.41) is 3.33. The minimum Gasteiger partial charge on any atom is -0.466 e. The Balaban J connectivity index is 2.06. The molecule has 0 radical (unpaired) electrons. The number of urea groups is 1. The number of amides is 2. The molecule has 1 aromatic heterocycles. The zero-order chi connectivity index (χ0) is 18.1. The summed E-state index contributed by atoms with van der Waals surface area (Å²) in [4.78, 5) is 29.7. The molecular weight excluding hydrogens is 342 g/mol. The number of pyridine rings is 1. The Morgan fingerprint density at radius 2 is 2.00 bits per heavy atom. The molecule has 0 aliphatic carbocycles. The second-order valence-electron chi connectivity index (χ2n) is 5.27. The molecule has 132 valence electrons. The second-order valence-corrected chi connectivity index (χ2v) is 5.71. The van der Waals surface area contributed by atoms with Crippen LogP contribution in [0.5, 0.6) is 0 Å². The van der Waals surface area contributed by atoms with Gasteiger partial charge in [0.2, 0.25) is 0 Å². The maximum absolute atomic E-state index is 12.6. The minimum atomic E-state index is -0.335. The van der Waals surface area contributed by atoms with Crippen LogP contribution in [0.2, 0.25) is 5.02 Å². The summed E-state index contributed by atoms with van der Waals surface area (Å²) < 4.78 is 4.93. The van der Waals surface area contributed by atoms with E-state index in [2.05, 4.69) is 10.3 Å². The topological polar surface area (TPSA) is 71.5 Å². The van der Waals surface area contributed by atoms with Crippen molar-refractivity contribution in [3.63, 3.8) is 0 Å². The summed E-state index contributed by atoms with van der Waals surface area (Å²) >= 11 is 5.94. The van der Waals surface area contributed by atoms with Crippen molar-refractivity contribution in [2.45, 2.75) is 19.9 Å². The summed E-state index contributed by atoms with van der Waals surface area (Å²) in [5.74, 6) is -0.335. The Morgan fingerprint density at radius 1 is 1.24 bits per heavy atom. The summed E-state index contributed by atoms with van der Waals surface area (Å²) in [6.07, 6.45) is 3.45. The first-order valence-corrected chi connectivity index (χ1v) is 8.32. The number of carbonyl (C=O) groups excluding carboxylic acids is 2. The number of hydrogen-bond acceptors (Lipinski definition) is 4. The van der Waals surface area contributed by atoms with Crippen LogP contribution in [0.3, 0.4) is 0 Å². The molecule has 2 aromatic rings. The molecule has 1 N–H and O–H groups in total. The summed E-state index contributed by atoms with van der Waals surface area (Å²) in [6.45, 7) is 2.66. The van der Waals surface area contributed by atoms with Crippen molar-refractivity contribution in [3.8, 4) is 0 Å². The Hall–Kier alpha value is -2.60. The lowest BCUT2D eigenvalue weighted by molar-refractivity contribution is -0.143. The number of nitrogens with one attached hydrogen (secondary N) is 1. The lowest BCUT2D eigenvalue weighted by atomic mass is 10.2. The summed E-state index contributed by atoms with van der Waals surface area (Å²) in [6, 6.07) is 10.2. The van der Waals surface area contributed by atoms with Crippen LogP contribution >= 0.6 is 11.6 Å². The minimum absolute atomic E-state index is 0.127. The predicted octanol–water partition coefficient (Wildman–Crippen LogP) is 3.72. The van der Waals surface area contributed by atoms with Gasteiger partial charge in [-0.2, -0.15) is 0 Å². The number of carbonyl (C=O) groups is 2. The van der Waals surface area contributed by atoms with Gasteiger partial charge in [-0.05, 0) is 42.8 Å². The highest BCUT2D eigenvalue weighted by Gasteiger charge is 2.16. The maximum Gasteiger partial charge on any atom is 0.322 e. The van der Waals surface area contributed by atoms with E-state index >= 15 is 0 Å². The molecule has 0 fully saturated rings. The molecule has 0 aliphatic heterocycles. The molecule has 0 unspecified atom stereocenters. The fourth-order valence-electron chi connectivity index (χ4n) is 2.19. The Bertz CT molecular complexity index is 710. The van der Waals surface area contributed by atoms with Crippen LogP contribution in [-0.4, -0.2) is 35.0 Å². The van der Waals surface area contributed by atoms with Gasteiger partial charge >= 0.3 is 12.0 Å². The van der Waals surface area contributed by atoms with Crippen molar-refractivity contribution in [1.29, 1.82) is 0 Å². The summed E-state index contributed by atoms with van der Waals surface area (Å²) in [5.41, 5.74) is 1.51. The van der Waals surface area contributed by atoms with Crippen LogP contribution in [0.15, 0.2) is 48.8 Å². The van der Waals surface area contributed by atoms with Gasteiger partial charge in [0.25, 0.3) is 0 Å². The van der Waals surface area contributed by atoms with Gasteiger partial charge in [0.1, 0.15) is 0 Å². The van der Waals surface area contributed by atoms with Crippen molar-refractivity contribution in [2.24, 2.45) is 0 Å². The van der Waals surface area contributed by atoms with Gasteiger partial charge in [-0.25, -0.2) is 4.79 Å². The van der Waals surface area contributed by atoms with Crippen molar-refractivity contribution >= 4 is 29.3 Å². The number of hydrogen-bond donors (Lipinski definition) is 1. The molecule has 0 aliphatic rings. The highest BCUT2D eigenvalue weighted by molar-refractivity contribution is 6.30. The first-order chi connectivity index (χ1) is 12.1. The van der Waals surface area contributed by atoms with Gasteiger partial charge in [-0.1, -0.05) is 17.7 Å². The van der Waals surface area contributed by atoms with Gasteiger partial charge in [-0.3, -0.25) is 9.78 Å². The third-order valence-corrected chi connectivity index (χ3v) is 3.61. The molecule has 0 saturated heterocycles. The number of esters is 1. The first-order valence-electron chi connectivity index (χ1n) is 7.94. The fraction of sp³-hybridized carbons (Fsp3) is 0.278. The normalized spacial score (nSPS) is 10.2. The Morgan fingerprint density at radius 3 is 2.68 bits per heavy atom. The number of nitrogens with zero attached hydrogens (tertiary/aromatic N) is 2. The zero-order valence-electron chi connectivity index (χ0n) is 13.9. The Kier molecular flexibility index (Phi) is 7.22. The lowest BCUT2D eigenvalue weighted by Crippen LogP contribution is -2.36. The third-order valence-electron chi connectivity index (χ3n) is 3.38. The predicted molar refractivity (Wildman–Crippen MR) is 96.4 cm³/mol. The van der Waals surface area contributed by atoms with Crippen molar-refractivity contribution in [3.05, 3.63) is 59.4 Å². The fourth-order valence-corrected chi connectivity index (χ4v) is 2.38. The van der Waals surface area contributed by atoms with Crippen molar-refractivity contribution < 1.29 is 14.3 Å². The smallest absolute Gasteiger partial charge is 0.322 e. The molecule has 0 bridgehead atoms. The molecule has 2 rings (SSSR count). The molecule has 2 amide bonds. The number of aromatic nitrogens is 1. The number of halogens is 1. The van der Waals surface area contributed by atoms with E-state index in [4.69, 9.17) is 16.3 Å². The second kappa shape index (κ2) is 9.64. The standard InChI is InChI=1S/C18H20ClN3O3/c1-2-25-17(23)8-11-22(13-14-6-9-20-10-7-14)18(24)21-16-5-3-4-15(19)12-16/h3-7,9-10,12H,2,8,11,13H2,1H3,(H,21,24). The molecule has 7 heteroatoms. The van der Waals surface area contributed by atoms with E-state index in [1.54, 1.807) is 48.5 Å². The zero-order valence-corrected chi connectivity index (χ0v) is 14.7. The van der Waals surface area contributed by atoms with E-state index in [9.17, 15) is 9.59 Å². The first kappa shape index (κ1) is 18.7. The maximum atomic E-state index is 12.6. The molecule has 0 saturated carbocycles. The van der Waals surface area contributed by atoms with E-state index in [1.165, 1.54) is 0 Å². The molecule has 6 nitrogen and oxygen atoms in total. The van der Waals surface area contributed by atoms with E-state index < -0.39 is 0 Å². The average molecular weight is 362 g/mol. The van der Waals surface area contributed by atoms with Crippen LogP contribution in [0.25, 0.3) is 0 Å². The number of benzene rings is 1. The van der Waals surface area contributed by atoms with Crippen LogP contribution in [0, 0.1) is 0 Å². The molecule has 1 heterocycles. The molecule has 0 spiro atoms. The third kappa shape index (κ3) is 6.43. The highest BCUT2D eigenvalue weighted by atomic mass is 35.5. The van der Waals surface area contributed by atoms with E-state index in [0.29, 0.717) is 23.9 Å². The van der Waals surface area contributed by atoms with Gasteiger partial charge < -0.3 is 15.0 Å². The van der Waals surface area contributed by atoms with Crippen LogP contribution < -0.4 is 5.32 Å². The number of rotatable bonds is 7. The molecular formula is C18H20ClN3O3. The van der Waals surface area contributed by atoms with E-state index in [1.807, 2.05) is 12.1 Å². The van der Waals surface area contributed by atoms with Crippen LogP contribution in [-0.2, 0) is 16.1 Å². The van der Waals surface area contributed by atoms with Gasteiger partial charge in [0, 0.05) is 36.2 Å². The quantitative estimate of drug-likeness (QED) is 0.763. The molecule has 1 aromatic carbocycles. The van der Waals surface area contributed by atoms with Gasteiger partial charge in [0.15, 0.2) is 0 Å². The van der Waals surface area contributed by atoms with E-state index in [0.717, 1.165) is 5.56 Å². The van der Waals surface area contributed by atoms with Crippen LogP contribution in [0.1, 0.15) is 18.9 Å². The van der Waals surface area contributed by atoms with Gasteiger partial charge in [0.05, 0.1) is 13.0 Å². The SMILES string of the molecule is CCOC(=O)CCN(Cc1ccncc1)C(=O)Nc1cccc(Cl)c1. The average Bonchev–Trinajstić information content (AvgIpc) is 2.59. The van der Waals surface area contributed by atoms with Crippen LogP contribution in [0.4, 0.5) is 10.5 Å². The highest BCUT2D eigenvalue weighted by Crippen LogP contribution is 2.16. The largest absolute Gasteiger partial charge is 0.466 e. The van der Waals surface area contributed by atoms with Crippen molar-refractivity contribution in [2.75, 3.05) is 18.5 Å². The molecule has 25 heavy (non-hydrogen) atoms. The van der Waals surface area contributed by atoms with Gasteiger partial charge in [-0.15, -0.1) is 0 Å². The number of anilines is 1. The molecule has 0 atom stereocenters. The number of ether oxygens (including phenoxy) is 1. The lowest BCUT2D eigenvalue weighted by Gasteiger charge is -2.23. The monoisotopic (exact) mass is 361 g/mol. The summed E-state index contributed by atoms with van der Waals surface area (Å²) in [7, 11) is 0. The van der Waals surface area contributed by atoms with Crippen molar-refractivity contribution in [1.82, 2.24) is 9.88 Å². The van der Waals surface area contributed by atoms with E-state index in [-0.39, 0.29) is 25.0 Å².